The lowest BCUT2D eigenvalue weighted by Gasteiger charge is -2.28. The number of aryl methyl sites for hydroxylation is 1. The number of nitrogens with zero attached hydrogens (tertiary/aromatic N) is 5. The fourth-order valence-corrected chi connectivity index (χ4v) is 2.15. The van der Waals surface area contributed by atoms with Crippen molar-refractivity contribution in [2.24, 2.45) is 12.8 Å². The largest absolute Gasteiger partial charge is 0.339 e. The number of piperidine rings is 1. The zero-order valence-corrected chi connectivity index (χ0v) is 10.4. The van der Waals surface area contributed by atoms with Crippen LogP contribution in [0.25, 0.3) is 11.5 Å². The monoisotopic (exact) mass is 247 g/mol. The van der Waals surface area contributed by atoms with Gasteiger partial charge in [-0.25, -0.2) is 0 Å². The molecule has 3 N–H and O–H groups in total. The van der Waals surface area contributed by atoms with E-state index in [0.717, 1.165) is 37.6 Å². The minimum Gasteiger partial charge on any atom is -0.339 e. The third-order valence-corrected chi connectivity index (χ3v) is 3.25. The molecule has 3 heterocycles. The van der Waals surface area contributed by atoms with E-state index in [2.05, 4.69) is 25.2 Å². The molecule has 18 heavy (non-hydrogen) atoms. The molecule has 7 nitrogen and oxygen atoms in total. The number of hydrogen-bond donors (Lipinski definition) is 2. The van der Waals surface area contributed by atoms with Crippen LogP contribution in [0.1, 0.15) is 12.8 Å². The number of nitrogens with one attached hydrogen (secondary N) is 1. The van der Waals surface area contributed by atoms with Crippen LogP contribution in [0.5, 0.6) is 0 Å². The van der Waals surface area contributed by atoms with Gasteiger partial charge in [0, 0.05) is 32.4 Å². The number of rotatable bonds is 2. The van der Waals surface area contributed by atoms with E-state index in [1.54, 1.807) is 4.68 Å². The van der Waals surface area contributed by atoms with Crippen molar-refractivity contribution in [1.82, 2.24) is 25.0 Å². The van der Waals surface area contributed by atoms with E-state index in [1.807, 2.05) is 19.3 Å². The van der Waals surface area contributed by atoms with E-state index in [9.17, 15) is 0 Å². The van der Waals surface area contributed by atoms with Gasteiger partial charge < -0.3 is 10.6 Å². The van der Waals surface area contributed by atoms with E-state index in [4.69, 9.17) is 5.73 Å². The topological polar surface area (TPSA) is 88.6 Å². The zero-order chi connectivity index (χ0) is 12.5. The highest BCUT2D eigenvalue weighted by Gasteiger charge is 2.20. The van der Waals surface area contributed by atoms with Gasteiger partial charge >= 0.3 is 0 Å². The smallest absolute Gasteiger partial charge is 0.245 e. The van der Waals surface area contributed by atoms with Gasteiger partial charge in [-0.05, 0) is 18.9 Å². The minimum atomic E-state index is 0.315. The Balaban J connectivity index is 1.77. The summed E-state index contributed by atoms with van der Waals surface area (Å²) in [6.45, 7) is 1.83. The summed E-state index contributed by atoms with van der Waals surface area (Å²) in [4.78, 5) is 6.64. The van der Waals surface area contributed by atoms with Crippen molar-refractivity contribution < 1.29 is 0 Å². The predicted molar refractivity (Wildman–Crippen MR) is 68.0 cm³/mol. The highest BCUT2D eigenvalue weighted by Crippen LogP contribution is 2.18. The van der Waals surface area contributed by atoms with E-state index in [0.29, 0.717) is 11.9 Å². The fourth-order valence-electron chi connectivity index (χ4n) is 2.15. The van der Waals surface area contributed by atoms with E-state index in [-0.39, 0.29) is 0 Å². The predicted octanol–water partition coefficient (Wildman–Crippen LogP) is 0.133. The van der Waals surface area contributed by atoms with Crippen LogP contribution in [0.3, 0.4) is 0 Å². The lowest BCUT2D eigenvalue weighted by atomic mass is 10.1. The average molecular weight is 247 g/mol. The minimum absolute atomic E-state index is 0.315. The Morgan fingerprint density at radius 2 is 2.17 bits per heavy atom. The zero-order valence-electron chi connectivity index (χ0n) is 10.4. The number of aromatic amines is 1. The molecule has 3 rings (SSSR count). The van der Waals surface area contributed by atoms with Crippen LogP contribution < -0.4 is 10.6 Å². The van der Waals surface area contributed by atoms with Crippen LogP contribution in [0.15, 0.2) is 12.3 Å². The highest BCUT2D eigenvalue weighted by molar-refractivity contribution is 5.50. The maximum atomic E-state index is 5.89. The average Bonchev–Trinajstić information content (AvgIpc) is 2.98. The summed E-state index contributed by atoms with van der Waals surface area (Å²) in [5, 5.41) is 11.5. The third kappa shape index (κ3) is 2.08. The molecule has 0 bridgehead atoms. The van der Waals surface area contributed by atoms with Crippen LogP contribution in [-0.4, -0.2) is 44.1 Å². The number of H-pyrrole nitrogens is 1. The maximum absolute atomic E-state index is 5.89. The van der Waals surface area contributed by atoms with Gasteiger partial charge in [-0.2, -0.15) is 10.1 Å². The first kappa shape index (κ1) is 11.2. The maximum Gasteiger partial charge on any atom is 0.245 e. The van der Waals surface area contributed by atoms with Crippen LogP contribution in [-0.2, 0) is 7.05 Å². The quantitative estimate of drug-likeness (QED) is 0.787. The van der Waals surface area contributed by atoms with Crippen molar-refractivity contribution in [2.75, 3.05) is 18.0 Å². The fraction of sp³-hybridized carbons (Fsp3) is 0.545. The van der Waals surface area contributed by atoms with Crippen molar-refractivity contribution in [1.29, 1.82) is 0 Å². The van der Waals surface area contributed by atoms with Crippen molar-refractivity contribution in [3.8, 4) is 11.5 Å². The summed E-state index contributed by atoms with van der Waals surface area (Å²) in [5.41, 5.74) is 6.70. The molecule has 1 aliphatic rings. The molecular formula is C11H17N7. The summed E-state index contributed by atoms with van der Waals surface area (Å²) >= 11 is 0. The Morgan fingerprint density at radius 3 is 2.83 bits per heavy atom. The molecule has 96 valence electrons. The van der Waals surface area contributed by atoms with Gasteiger partial charge in [0.1, 0.15) is 5.69 Å². The van der Waals surface area contributed by atoms with Crippen molar-refractivity contribution in [3.63, 3.8) is 0 Å². The van der Waals surface area contributed by atoms with Crippen molar-refractivity contribution in [2.45, 2.75) is 18.9 Å². The van der Waals surface area contributed by atoms with Gasteiger partial charge in [0.2, 0.25) is 5.95 Å². The first-order chi connectivity index (χ1) is 8.72. The Hall–Kier alpha value is -1.89. The Bertz CT molecular complexity index is 521. The molecule has 0 atom stereocenters. The van der Waals surface area contributed by atoms with Gasteiger partial charge in [0.25, 0.3) is 0 Å². The van der Waals surface area contributed by atoms with Gasteiger partial charge in [-0.15, -0.1) is 5.10 Å². The molecule has 7 heteroatoms. The molecule has 0 unspecified atom stereocenters. The summed E-state index contributed by atoms with van der Waals surface area (Å²) < 4.78 is 1.75. The van der Waals surface area contributed by atoms with E-state index < -0.39 is 0 Å². The van der Waals surface area contributed by atoms with Gasteiger partial charge in [0.05, 0.1) is 0 Å². The van der Waals surface area contributed by atoms with E-state index >= 15 is 0 Å². The highest BCUT2D eigenvalue weighted by atomic mass is 15.4. The molecule has 0 saturated carbocycles. The molecule has 0 radical (unpaired) electrons. The second-order valence-electron chi connectivity index (χ2n) is 4.68. The summed E-state index contributed by atoms with van der Waals surface area (Å²) in [5.74, 6) is 1.45. The summed E-state index contributed by atoms with van der Waals surface area (Å²) in [6, 6.07) is 2.23. The van der Waals surface area contributed by atoms with Crippen LogP contribution in [0.4, 0.5) is 5.95 Å². The lowest BCUT2D eigenvalue weighted by molar-refractivity contribution is 0.496. The standard InChI is InChI=1S/C11H17N7/c1-17-5-4-9(16-17)10-13-11(15-14-10)18-6-2-8(12)3-7-18/h4-5,8H,2-3,6-7,12H2,1H3,(H,13,14,15). The first-order valence-electron chi connectivity index (χ1n) is 6.15. The van der Waals surface area contributed by atoms with Crippen molar-refractivity contribution in [3.05, 3.63) is 12.3 Å². The SMILES string of the molecule is Cn1ccc(-c2nc(N3CCC(N)CC3)n[nH]2)n1. The van der Waals surface area contributed by atoms with Crippen LogP contribution in [0.2, 0.25) is 0 Å². The molecule has 1 fully saturated rings. The second-order valence-corrected chi connectivity index (χ2v) is 4.68. The Labute approximate surface area is 105 Å². The number of nitrogens with two attached hydrogens (primary N) is 1. The van der Waals surface area contributed by atoms with Crippen molar-refractivity contribution >= 4 is 5.95 Å². The molecule has 2 aromatic heterocycles. The Kier molecular flexibility index (Phi) is 2.75. The second kappa shape index (κ2) is 4.41. The molecule has 2 aromatic rings. The first-order valence-corrected chi connectivity index (χ1v) is 6.15. The lowest BCUT2D eigenvalue weighted by Crippen LogP contribution is -2.40. The normalized spacial score (nSPS) is 17.3. The molecule has 0 amide bonds. The van der Waals surface area contributed by atoms with Gasteiger partial charge in [-0.1, -0.05) is 0 Å². The summed E-state index contributed by atoms with van der Waals surface area (Å²) in [6.07, 6.45) is 3.87. The van der Waals surface area contributed by atoms with Gasteiger partial charge in [0.15, 0.2) is 5.82 Å². The Morgan fingerprint density at radius 1 is 1.39 bits per heavy atom. The molecule has 0 aliphatic carbocycles. The molecular weight excluding hydrogens is 230 g/mol. The van der Waals surface area contributed by atoms with E-state index in [1.165, 1.54) is 0 Å². The summed E-state index contributed by atoms with van der Waals surface area (Å²) in [7, 11) is 1.88. The van der Waals surface area contributed by atoms with Gasteiger partial charge in [-0.3, -0.25) is 9.78 Å². The van der Waals surface area contributed by atoms with Crippen LogP contribution >= 0.6 is 0 Å². The molecule has 1 aliphatic heterocycles. The molecule has 0 spiro atoms. The van der Waals surface area contributed by atoms with Crippen LogP contribution in [0, 0.1) is 0 Å². The number of anilines is 1. The molecule has 0 aromatic carbocycles. The third-order valence-electron chi connectivity index (χ3n) is 3.25. The number of aromatic nitrogens is 5. The number of hydrogen-bond acceptors (Lipinski definition) is 5. The molecule has 1 saturated heterocycles.